The molecule has 5 rings (SSSR count). The van der Waals surface area contributed by atoms with Crippen molar-refractivity contribution in [1.29, 1.82) is 0 Å². The summed E-state index contributed by atoms with van der Waals surface area (Å²) in [5.74, 6) is -0.468. The fourth-order valence-corrected chi connectivity index (χ4v) is 4.92. The molecule has 35 heavy (non-hydrogen) atoms. The summed E-state index contributed by atoms with van der Waals surface area (Å²) in [6, 6.07) is 10.4. The maximum Gasteiger partial charge on any atom is 0.418 e. The van der Waals surface area contributed by atoms with Crippen molar-refractivity contribution in [2.45, 2.75) is 51.2 Å². The van der Waals surface area contributed by atoms with Gasteiger partial charge in [0.1, 0.15) is 17.4 Å². The van der Waals surface area contributed by atoms with Crippen molar-refractivity contribution < 1.29 is 22.8 Å². The average molecular weight is 485 g/mol. The van der Waals surface area contributed by atoms with E-state index in [1.165, 1.54) is 12.8 Å². The van der Waals surface area contributed by atoms with Crippen LogP contribution in [0, 0.1) is 5.41 Å². The topological polar surface area (TPSA) is 78.1 Å². The Morgan fingerprint density at radius 1 is 1.09 bits per heavy atom. The number of carbonyl (C=O) groups is 2. The largest absolute Gasteiger partial charge is 0.418 e. The number of carbonyl (C=O) groups excluding carboxylic acids is 2. The molecule has 1 saturated heterocycles. The number of alkyl halides is 3. The smallest absolute Gasteiger partial charge is 0.341 e. The quantitative estimate of drug-likeness (QED) is 0.552. The van der Waals surface area contributed by atoms with E-state index in [4.69, 9.17) is 0 Å². The van der Waals surface area contributed by atoms with Crippen LogP contribution in [-0.4, -0.2) is 45.8 Å². The molecule has 6 nitrogen and oxygen atoms in total. The predicted molar refractivity (Wildman–Crippen MR) is 125 cm³/mol. The Bertz CT molecular complexity index is 1250. The monoisotopic (exact) mass is 484 g/mol. The van der Waals surface area contributed by atoms with Gasteiger partial charge >= 0.3 is 6.18 Å². The minimum Gasteiger partial charge on any atom is -0.341 e. The maximum absolute atomic E-state index is 13.7. The Morgan fingerprint density at radius 3 is 2.40 bits per heavy atom. The Kier molecular flexibility index (Phi) is 5.81. The van der Waals surface area contributed by atoms with E-state index in [2.05, 4.69) is 15.3 Å². The summed E-state index contributed by atoms with van der Waals surface area (Å²) >= 11 is 0. The van der Waals surface area contributed by atoms with Crippen molar-refractivity contribution in [2.24, 2.45) is 5.41 Å². The lowest BCUT2D eigenvalue weighted by Crippen LogP contribution is -2.49. The van der Waals surface area contributed by atoms with Crippen LogP contribution in [0.1, 0.15) is 59.9 Å². The van der Waals surface area contributed by atoms with Crippen LogP contribution in [0.25, 0.3) is 11.0 Å². The average Bonchev–Trinajstić information content (AvgIpc) is 3.44. The zero-order valence-electron chi connectivity index (χ0n) is 19.4. The third-order valence-corrected chi connectivity index (χ3v) is 7.27. The zero-order valence-corrected chi connectivity index (χ0v) is 19.4. The normalized spacial score (nSPS) is 18.0. The van der Waals surface area contributed by atoms with Crippen LogP contribution in [0.3, 0.4) is 0 Å². The van der Waals surface area contributed by atoms with Gasteiger partial charge in [0.2, 0.25) is 5.91 Å². The van der Waals surface area contributed by atoms with Gasteiger partial charge in [0.15, 0.2) is 0 Å². The van der Waals surface area contributed by atoms with E-state index in [0.29, 0.717) is 30.7 Å². The molecule has 2 N–H and O–H groups in total. The molecule has 1 aliphatic heterocycles. The van der Waals surface area contributed by atoms with Crippen LogP contribution in [0.15, 0.2) is 42.5 Å². The van der Waals surface area contributed by atoms with E-state index in [1.807, 2.05) is 30.3 Å². The SMILES string of the molecule is C[C@@H](NC(=O)c1ccc(C(F)(F)F)c2nc(Cc3ccccc3)[nH]c12)C(=O)N1CCC2(CC1)CC2. The highest BCUT2D eigenvalue weighted by Gasteiger charge is 2.45. The van der Waals surface area contributed by atoms with Gasteiger partial charge in [-0.3, -0.25) is 9.59 Å². The predicted octanol–water partition coefficient (Wildman–Crippen LogP) is 4.69. The summed E-state index contributed by atoms with van der Waals surface area (Å²) in [7, 11) is 0. The number of hydrogen-bond acceptors (Lipinski definition) is 3. The molecule has 1 saturated carbocycles. The van der Waals surface area contributed by atoms with Gasteiger partial charge in [-0.2, -0.15) is 13.2 Å². The van der Waals surface area contributed by atoms with Gasteiger partial charge in [-0.1, -0.05) is 30.3 Å². The maximum atomic E-state index is 13.7. The van der Waals surface area contributed by atoms with Gasteiger partial charge in [0, 0.05) is 19.5 Å². The van der Waals surface area contributed by atoms with Gasteiger partial charge in [0.05, 0.1) is 16.6 Å². The van der Waals surface area contributed by atoms with E-state index < -0.39 is 23.7 Å². The standard InChI is InChI=1S/C26H27F3N4O2/c1-16(24(35)33-13-11-25(9-10-25)12-14-33)30-23(34)18-7-8-19(26(27,28)29)22-21(18)31-20(32-22)15-17-5-3-2-4-6-17/h2-8,16H,9-15H2,1H3,(H,30,34)(H,31,32)/t16-/m1/s1. The van der Waals surface area contributed by atoms with E-state index in [1.54, 1.807) is 11.8 Å². The lowest BCUT2D eigenvalue weighted by atomic mass is 9.93. The fourth-order valence-electron chi connectivity index (χ4n) is 4.92. The van der Waals surface area contributed by atoms with Crippen LogP contribution in [0.5, 0.6) is 0 Å². The van der Waals surface area contributed by atoms with Gasteiger partial charge < -0.3 is 15.2 Å². The molecule has 2 aliphatic rings. The molecule has 0 bridgehead atoms. The fraction of sp³-hybridized carbons (Fsp3) is 0.423. The molecular weight excluding hydrogens is 457 g/mol. The number of amides is 2. The van der Waals surface area contributed by atoms with Gasteiger partial charge in [-0.25, -0.2) is 4.98 Å². The number of rotatable bonds is 5. The number of H-pyrrole nitrogens is 1. The molecule has 2 aromatic carbocycles. The molecule has 0 radical (unpaired) electrons. The van der Waals surface area contributed by atoms with Crippen molar-refractivity contribution in [1.82, 2.24) is 20.2 Å². The second-order valence-electron chi connectivity index (χ2n) is 9.75. The first kappa shape index (κ1) is 23.4. The Hall–Kier alpha value is -3.36. The molecule has 2 amide bonds. The van der Waals surface area contributed by atoms with Crippen molar-refractivity contribution >= 4 is 22.8 Å². The minimum absolute atomic E-state index is 0.0107. The molecule has 2 heterocycles. The van der Waals surface area contributed by atoms with E-state index >= 15 is 0 Å². The lowest BCUT2D eigenvalue weighted by molar-refractivity contribution is -0.136. The van der Waals surface area contributed by atoms with Crippen LogP contribution in [0.4, 0.5) is 13.2 Å². The number of aromatic amines is 1. The lowest BCUT2D eigenvalue weighted by Gasteiger charge is -2.33. The Morgan fingerprint density at radius 2 is 1.77 bits per heavy atom. The first-order valence-corrected chi connectivity index (χ1v) is 11.9. The van der Waals surface area contributed by atoms with Crippen LogP contribution in [-0.2, 0) is 17.4 Å². The first-order valence-electron chi connectivity index (χ1n) is 11.9. The summed E-state index contributed by atoms with van der Waals surface area (Å²) in [5, 5.41) is 2.68. The summed E-state index contributed by atoms with van der Waals surface area (Å²) in [6.07, 6.45) is 0.0834. The number of nitrogens with zero attached hydrogens (tertiary/aromatic N) is 2. The zero-order chi connectivity index (χ0) is 24.8. The third-order valence-electron chi connectivity index (χ3n) is 7.27. The molecule has 9 heteroatoms. The van der Waals surface area contributed by atoms with Gasteiger partial charge in [0.25, 0.3) is 5.91 Å². The highest BCUT2D eigenvalue weighted by atomic mass is 19.4. The number of nitrogens with one attached hydrogen (secondary N) is 2. The van der Waals surface area contributed by atoms with Crippen LogP contribution >= 0.6 is 0 Å². The molecule has 1 aromatic heterocycles. The summed E-state index contributed by atoms with van der Waals surface area (Å²) in [5.41, 5.74) is 0.117. The number of benzene rings is 2. The molecule has 1 atom stereocenters. The van der Waals surface area contributed by atoms with Crippen molar-refractivity contribution in [3.63, 3.8) is 0 Å². The molecular formula is C26H27F3N4O2. The minimum atomic E-state index is -4.62. The summed E-state index contributed by atoms with van der Waals surface area (Å²) in [6.45, 7) is 2.96. The molecule has 184 valence electrons. The second-order valence-corrected chi connectivity index (χ2v) is 9.75. The number of imidazole rings is 1. The number of fused-ring (bicyclic) bond motifs is 1. The third kappa shape index (κ3) is 4.76. The highest BCUT2D eigenvalue weighted by molar-refractivity contribution is 6.07. The van der Waals surface area contributed by atoms with Crippen molar-refractivity contribution in [2.75, 3.05) is 13.1 Å². The summed E-state index contributed by atoms with van der Waals surface area (Å²) < 4.78 is 41.0. The van der Waals surface area contributed by atoms with E-state index in [9.17, 15) is 22.8 Å². The molecule has 3 aromatic rings. The van der Waals surface area contributed by atoms with Crippen LogP contribution < -0.4 is 5.32 Å². The first-order chi connectivity index (χ1) is 16.7. The second kappa shape index (κ2) is 8.70. The Balaban J connectivity index is 1.38. The van der Waals surface area contributed by atoms with Crippen molar-refractivity contribution in [3.05, 3.63) is 65.0 Å². The van der Waals surface area contributed by atoms with Gasteiger partial charge in [-0.05, 0) is 55.7 Å². The van der Waals surface area contributed by atoms with Gasteiger partial charge in [-0.15, -0.1) is 0 Å². The van der Waals surface area contributed by atoms with E-state index in [0.717, 1.165) is 30.5 Å². The molecule has 0 unspecified atom stereocenters. The number of aromatic nitrogens is 2. The van der Waals surface area contributed by atoms with Crippen LogP contribution in [0.2, 0.25) is 0 Å². The highest BCUT2D eigenvalue weighted by Crippen LogP contribution is 2.53. The molecule has 1 spiro atoms. The molecule has 2 fully saturated rings. The number of likely N-dealkylation sites (tertiary alicyclic amines) is 1. The number of hydrogen-bond donors (Lipinski definition) is 2. The summed E-state index contributed by atoms with van der Waals surface area (Å²) in [4.78, 5) is 34.9. The van der Waals surface area contributed by atoms with E-state index in [-0.39, 0.29) is 22.5 Å². The Labute approximate surface area is 200 Å². The molecule has 1 aliphatic carbocycles. The van der Waals surface area contributed by atoms with Crippen molar-refractivity contribution in [3.8, 4) is 0 Å². The number of piperidine rings is 1. The number of halogens is 3.